The van der Waals surface area contributed by atoms with Crippen molar-refractivity contribution in [2.75, 3.05) is 16.8 Å². The SMILES string of the molecule is CC(=O)OC1(C)C(C)(C)OC(C)(N2C(=O)/C(=C3/C(=O)N(C)c4ccccc43)c3ccccc32)C(C)(OC(C)=O)C1(C)OC(C)=O. The summed E-state index contributed by atoms with van der Waals surface area (Å²) in [6, 6.07) is 14.1. The number of likely N-dealkylation sites (N-methyl/N-ethyl adjacent to an activating group) is 1. The van der Waals surface area contributed by atoms with E-state index in [0.29, 0.717) is 22.5 Å². The Kier molecular flexibility index (Phi) is 7.09. The summed E-state index contributed by atoms with van der Waals surface area (Å²) in [5, 5.41) is 0. The second kappa shape index (κ2) is 10.00. The van der Waals surface area contributed by atoms with Crippen LogP contribution in [0, 0.1) is 0 Å². The largest absolute Gasteiger partial charge is 0.452 e. The molecule has 4 unspecified atom stereocenters. The smallest absolute Gasteiger partial charge is 0.303 e. The zero-order chi connectivity index (χ0) is 33.5. The van der Waals surface area contributed by atoms with Crippen LogP contribution in [0.1, 0.15) is 73.4 Å². The highest BCUT2D eigenvalue weighted by atomic mass is 16.7. The molecule has 3 heterocycles. The first-order valence-corrected chi connectivity index (χ1v) is 14.6. The standard InChI is InChI=1S/C34H38N2O9/c1-19(37)42-31(6)30(4,5)45-34(9,33(8,44-21(3)39)32(31,7)43-20(2)38)36-25-18-14-12-16-23(25)27(29(36)41)26-22-15-11-13-17-24(22)35(10)28(26)40/h11-18H,1-10H3/b27-26+. The van der Waals surface area contributed by atoms with Gasteiger partial charge in [0.25, 0.3) is 11.8 Å². The number of carbonyl (C=O) groups excluding carboxylic acids is 5. The summed E-state index contributed by atoms with van der Waals surface area (Å²) < 4.78 is 24.9. The van der Waals surface area contributed by atoms with E-state index < -0.39 is 51.9 Å². The number of nitrogens with zero attached hydrogens (tertiary/aromatic N) is 2. The molecule has 0 bridgehead atoms. The number of carbonyl (C=O) groups is 5. The molecule has 0 aliphatic carbocycles. The first-order chi connectivity index (χ1) is 20.8. The molecule has 2 aromatic rings. The number of benzene rings is 2. The topological polar surface area (TPSA) is 129 Å². The Hall–Kier alpha value is -4.51. The minimum Gasteiger partial charge on any atom is -0.452 e. The number of hydrogen-bond acceptors (Lipinski definition) is 9. The van der Waals surface area contributed by atoms with E-state index in [-0.39, 0.29) is 17.1 Å². The highest BCUT2D eigenvalue weighted by molar-refractivity contribution is 6.50. The average Bonchev–Trinajstić information content (AvgIpc) is 3.35. The third-order valence-electron chi connectivity index (χ3n) is 9.91. The van der Waals surface area contributed by atoms with Crippen molar-refractivity contribution in [3.8, 4) is 0 Å². The third kappa shape index (κ3) is 4.09. The molecule has 0 N–H and O–H groups in total. The van der Waals surface area contributed by atoms with Crippen LogP contribution in [0.25, 0.3) is 11.1 Å². The summed E-state index contributed by atoms with van der Waals surface area (Å²) >= 11 is 0. The van der Waals surface area contributed by atoms with Gasteiger partial charge in [-0.3, -0.25) is 28.9 Å². The number of anilines is 2. The van der Waals surface area contributed by atoms with Gasteiger partial charge in [-0.1, -0.05) is 36.4 Å². The van der Waals surface area contributed by atoms with Gasteiger partial charge in [0.05, 0.1) is 22.5 Å². The van der Waals surface area contributed by atoms with Crippen LogP contribution in [0.5, 0.6) is 0 Å². The van der Waals surface area contributed by atoms with E-state index in [1.165, 1.54) is 51.3 Å². The number of ether oxygens (including phenoxy) is 4. The zero-order valence-electron chi connectivity index (χ0n) is 27.2. The minimum absolute atomic E-state index is 0.141. The summed E-state index contributed by atoms with van der Waals surface area (Å²) in [7, 11) is 1.64. The van der Waals surface area contributed by atoms with Gasteiger partial charge >= 0.3 is 17.9 Å². The Morgan fingerprint density at radius 3 is 1.58 bits per heavy atom. The highest BCUT2D eigenvalue weighted by Gasteiger charge is 2.81. The van der Waals surface area contributed by atoms with Gasteiger partial charge in [0, 0.05) is 38.9 Å². The van der Waals surface area contributed by atoms with Crippen molar-refractivity contribution in [3.05, 3.63) is 59.7 Å². The molecule has 1 saturated heterocycles. The van der Waals surface area contributed by atoms with E-state index >= 15 is 0 Å². The van der Waals surface area contributed by atoms with E-state index in [9.17, 15) is 24.0 Å². The Balaban J connectivity index is 1.85. The molecule has 238 valence electrons. The van der Waals surface area contributed by atoms with Gasteiger partial charge in [0.15, 0.2) is 22.5 Å². The van der Waals surface area contributed by atoms with Crippen LogP contribution in [0.15, 0.2) is 48.5 Å². The maximum absolute atomic E-state index is 15.0. The van der Waals surface area contributed by atoms with Crippen molar-refractivity contribution in [2.24, 2.45) is 0 Å². The fraction of sp³-hybridized carbons (Fsp3) is 0.441. The van der Waals surface area contributed by atoms with Crippen LogP contribution in [-0.2, 0) is 42.9 Å². The van der Waals surface area contributed by atoms with Crippen LogP contribution in [0.3, 0.4) is 0 Å². The number of amides is 2. The first kappa shape index (κ1) is 31.9. The monoisotopic (exact) mass is 618 g/mol. The maximum atomic E-state index is 15.0. The summed E-state index contributed by atoms with van der Waals surface area (Å²) in [5.41, 5.74) is -6.67. The lowest BCUT2D eigenvalue weighted by atomic mass is 9.59. The third-order valence-corrected chi connectivity index (χ3v) is 9.91. The van der Waals surface area contributed by atoms with Gasteiger partial charge in [-0.25, -0.2) is 0 Å². The molecule has 0 spiro atoms. The Bertz CT molecular complexity index is 1710. The summed E-state index contributed by atoms with van der Waals surface area (Å²) in [4.78, 5) is 69.8. The van der Waals surface area contributed by atoms with Crippen LogP contribution >= 0.6 is 0 Å². The van der Waals surface area contributed by atoms with E-state index in [4.69, 9.17) is 18.9 Å². The number of hydrogen-bond donors (Lipinski definition) is 0. The molecule has 3 aliphatic rings. The number of para-hydroxylation sites is 2. The second-order valence-corrected chi connectivity index (χ2v) is 12.8. The van der Waals surface area contributed by atoms with Gasteiger partial charge < -0.3 is 23.8 Å². The van der Waals surface area contributed by atoms with Crippen LogP contribution in [0.2, 0.25) is 0 Å². The van der Waals surface area contributed by atoms with Gasteiger partial charge in [0.2, 0.25) is 0 Å². The van der Waals surface area contributed by atoms with E-state index in [1.807, 2.05) is 6.07 Å². The maximum Gasteiger partial charge on any atom is 0.303 e. The average molecular weight is 619 g/mol. The molecule has 0 radical (unpaired) electrons. The highest BCUT2D eigenvalue weighted by Crippen LogP contribution is 2.61. The predicted molar refractivity (Wildman–Crippen MR) is 165 cm³/mol. The molecule has 0 aromatic heterocycles. The van der Waals surface area contributed by atoms with Crippen molar-refractivity contribution in [2.45, 2.75) is 90.4 Å². The van der Waals surface area contributed by atoms with Gasteiger partial charge in [-0.2, -0.15) is 0 Å². The first-order valence-electron chi connectivity index (χ1n) is 14.6. The molecule has 1 fully saturated rings. The van der Waals surface area contributed by atoms with Crippen molar-refractivity contribution in [3.63, 3.8) is 0 Å². The molecule has 4 atom stereocenters. The fourth-order valence-corrected chi connectivity index (χ4v) is 7.39. The predicted octanol–water partition coefficient (Wildman–Crippen LogP) is 4.41. The van der Waals surface area contributed by atoms with Crippen LogP contribution in [-0.4, -0.2) is 64.9 Å². The lowest BCUT2D eigenvalue weighted by Gasteiger charge is -2.68. The summed E-state index contributed by atoms with van der Waals surface area (Å²) in [6.07, 6.45) is 0. The van der Waals surface area contributed by atoms with Crippen molar-refractivity contribution in [1.29, 1.82) is 0 Å². The van der Waals surface area contributed by atoms with Crippen molar-refractivity contribution in [1.82, 2.24) is 0 Å². The van der Waals surface area contributed by atoms with Crippen LogP contribution in [0.4, 0.5) is 11.4 Å². The zero-order valence-corrected chi connectivity index (χ0v) is 27.2. The Labute approximate surface area is 262 Å². The summed E-state index contributed by atoms with van der Waals surface area (Å²) in [5.74, 6) is -3.17. The van der Waals surface area contributed by atoms with Crippen LogP contribution < -0.4 is 9.80 Å². The second-order valence-electron chi connectivity index (χ2n) is 12.8. The molecule has 45 heavy (non-hydrogen) atoms. The molecular formula is C34H38N2O9. The minimum atomic E-state index is -2.02. The molecule has 2 amide bonds. The van der Waals surface area contributed by atoms with Crippen molar-refractivity contribution < 1.29 is 42.9 Å². The lowest BCUT2D eigenvalue weighted by Crippen LogP contribution is -2.88. The number of esters is 3. The molecule has 2 aromatic carbocycles. The normalized spacial score (nSPS) is 31.8. The quantitative estimate of drug-likeness (QED) is 0.278. The molecule has 11 nitrogen and oxygen atoms in total. The van der Waals surface area contributed by atoms with E-state index in [2.05, 4.69) is 0 Å². The van der Waals surface area contributed by atoms with E-state index in [1.54, 1.807) is 70.3 Å². The van der Waals surface area contributed by atoms with Gasteiger partial charge in [0.1, 0.15) is 5.60 Å². The number of fused-ring (bicyclic) bond motifs is 2. The molecule has 3 aliphatic heterocycles. The van der Waals surface area contributed by atoms with Gasteiger partial charge in [-0.05, 0) is 53.7 Å². The fourth-order valence-electron chi connectivity index (χ4n) is 7.39. The Morgan fingerprint density at radius 2 is 1.04 bits per heavy atom. The lowest BCUT2D eigenvalue weighted by molar-refractivity contribution is -0.392. The molecule has 5 rings (SSSR count). The molecule has 11 heteroatoms. The summed E-state index contributed by atoms with van der Waals surface area (Å²) in [6.45, 7) is 12.9. The molecule has 0 saturated carbocycles. The molecular weight excluding hydrogens is 580 g/mol. The Morgan fingerprint density at radius 1 is 0.622 bits per heavy atom. The van der Waals surface area contributed by atoms with E-state index in [0.717, 1.165) is 0 Å². The van der Waals surface area contributed by atoms with Gasteiger partial charge in [-0.15, -0.1) is 0 Å². The number of rotatable bonds is 4. The van der Waals surface area contributed by atoms with Crippen molar-refractivity contribution >= 4 is 52.2 Å².